The van der Waals surface area contributed by atoms with Gasteiger partial charge in [-0.3, -0.25) is 9.80 Å². The van der Waals surface area contributed by atoms with E-state index in [1.165, 1.54) is 0 Å². The van der Waals surface area contributed by atoms with Gasteiger partial charge in [0.2, 0.25) is 0 Å². The number of furan rings is 1. The molecule has 1 aromatic heterocycles. The molecule has 0 amide bonds. The van der Waals surface area contributed by atoms with Crippen molar-refractivity contribution in [3.05, 3.63) is 21.0 Å². The minimum Gasteiger partial charge on any atom is -0.451 e. The second kappa shape index (κ2) is 8.08. The Bertz CT molecular complexity index is 425. The van der Waals surface area contributed by atoms with Crippen LogP contribution in [-0.4, -0.2) is 74.6 Å². The largest absolute Gasteiger partial charge is 0.451 e. The molecule has 2 N–H and O–H groups in total. The molecule has 0 radical (unpaired) electrons. The number of hydrogen-bond acceptors (Lipinski definition) is 5. The summed E-state index contributed by atoms with van der Waals surface area (Å²) < 4.78 is 7.44. The summed E-state index contributed by atoms with van der Waals surface area (Å²) in [7, 11) is 4.24. The smallest absolute Gasteiger partial charge is 0.183 e. The maximum atomic E-state index is 5.98. The molecular formula is C14H24Br2N4O. The van der Waals surface area contributed by atoms with Crippen molar-refractivity contribution in [1.82, 2.24) is 14.7 Å². The highest BCUT2D eigenvalue weighted by Gasteiger charge is 2.26. The third-order valence-electron chi connectivity index (χ3n) is 3.93. The predicted octanol–water partition coefficient (Wildman–Crippen LogP) is 1.98. The molecule has 1 unspecified atom stereocenters. The molecule has 2 rings (SSSR count). The Morgan fingerprint density at radius 3 is 2.43 bits per heavy atom. The zero-order valence-corrected chi connectivity index (χ0v) is 15.9. The fourth-order valence-electron chi connectivity index (χ4n) is 2.61. The Labute approximate surface area is 143 Å². The molecule has 120 valence electrons. The summed E-state index contributed by atoms with van der Waals surface area (Å²) in [4.78, 5) is 7.16. The van der Waals surface area contributed by atoms with Gasteiger partial charge in [0.1, 0.15) is 5.76 Å². The van der Waals surface area contributed by atoms with E-state index in [1.807, 2.05) is 6.07 Å². The second-order valence-electron chi connectivity index (χ2n) is 5.70. The minimum atomic E-state index is 0.156. The van der Waals surface area contributed by atoms with Crippen LogP contribution in [0.3, 0.4) is 0 Å². The van der Waals surface area contributed by atoms with Gasteiger partial charge in [-0.05, 0) is 52.0 Å². The fourth-order valence-corrected chi connectivity index (χ4v) is 3.22. The van der Waals surface area contributed by atoms with Crippen molar-refractivity contribution in [2.45, 2.75) is 6.04 Å². The van der Waals surface area contributed by atoms with E-state index in [2.05, 4.69) is 60.7 Å². The summed E-state index contributed by atoms with van der Waals surface area (Å²) in [5, 5.41) is 0. The molecule has 7 heteroatoms. The highest BCUT2D eigenvalue weighted by Crippen LogP contribution is 2.32. The van der Waals surface area contributed by atoms with E-state index in [1.54, 1.807) is 0 Å². The van der Waals surface area contributed by atoms with E-state index in [0.29, 0.717) is 6.54 Å². The van der Waals surface area contributed by atoms with Gasteiger partial charge >= 0.3 is 0 Å². The number of likely N-dealkylation sites (N-methyl/N-ethyl adjacent to an activating group) is 1. The van der Waals surface area contributed by atoms with Crippen molar-refractivity contribution < 1.29 is 4.42 Å². The van der Waals surface area contributed by atoms with Gasteiger partial charge in [-0.1, -0.05) is 0 Å². The highest BCUT2D eigenvalue weighted by molar-refractivity contribution is 9.13. The zero-order chi connectivity index (χ0) is 15.4. The first kappa shape index (κ1) is 17.4. The van der Waals surface area contributed by atoms with E-state index in [4.69, 9.17) is 10.2 Å². The van der Waals surface area contributed by atoms with Gasteiger partial charge in [0, 0.05) is 45.8 Å². The van der Waals surface area contributed by atoms with E-state index in [9.17, 15) is 0 Å². The first-order valence-electron chi connectivity index (χ1n) is 7.27. The van der Waals surface area contributed by atoms with Crippen LogP contribution in [0, 0.1) is 0 Å². The van der Waals surface area contributed by atoms with Crippen LogP contribution in [0.2, 0.25) is 0 Å². The Morgan fingerprint density at radius 2 is 1.95 bits per heavy atom. The second-order valence-corrected chi connectivity index (χ2v) is 7.28. The van der Waals surface area contributed by atoms with Gasteiger partial charge in [0.15, 0.2) is 4.67 Å². The molecule has 5 nitrogen and oxygen atoms in total. The van der Waals surface area contributed by atoms with Crippen LogP contribution >= 0.6 is 31.9 Å². The van der Waals surface area contributed by atoms with Crippen LogP contribution in [0.25, 0.3) is 0 Å². The Kier molecular flexibility index (Phi) is 6.71. The maximum absolute atomic E-state index is 5.98. The third-order valence-corrected chi connectivity index (χ3v) is 5.64. The van der Waals surface area contributed by atoms with Crippen LogP contribution in [-0.2, 0) is 0 Å². The number of rotatable bonds is 6. The van der Waals surface area contributed by atoms with Crippen LogP contribution in [0.4, 0.5) is 0 Å². The summed E-state index contributed by atoms with van der Waals surface area (Å²) >= 11 is 6.86. The monoisotopic (exact) mass is 422 g/mol. The molecular weight excluding hydrogens is 400 g/mol. The summed E-state index contributed by atoms with van der Waals surface area (Å²) in [6.45, 7) is 7.06. The van der Waals surface area contributed by atoms with Crippen molar-refractivity contribution in [3.63, 3.8) is 0 Å². The number of halogens is 2. The summed E-state index contributed by atoms with van der Waals surface area (Å²) in [6, 6.07) is 2.17. The van der Waals surface area contributed by atoms with Gasteiger partial charge in [0.25, 0.3) is 0 Å². The van der Waals surface area contributed by atoms with E-state index in [-0.39, 0.29) is 6.04 Å². The number of piperazine rings is 1. The molecule has 0 aromatic carbocycles. The first-order valence-corrected chi connectivity index (χ1v) is 8.85. The third kappa shape index (κ3) is 4.77. The van der Waals surface area contributed by atoms with Gasteiger partial charge < -0.3 is 15.1 Å². The van der Waals surface area contributed by atoms with Crippen molar-refractivity contribution in [2.24, 2.45) is 5.73 Å². The maximum Gasteiger partial charge on any atom is 0.183 e. The molecule has 0 saturated carbocycles. The average Bonchev–Trinajstić information content (AvgIpc) is 2.78. The SMILES string of the molecule is CN(C)CCN1CCN(C(CN)c2cc(Br)c(Br)o2)CC1. The fraction of sp³-hybridized carbons (Fsp3) is 0.714. The van der Waals surface area contributed by atoms with Gasteiger partial charge in [-0.25, -0.2) is 0 Å². The van der Waals surface area contributed by atoms with Crippen LogP contribution in [0.1, 0.15) is 11.8 Å². The van der Waals surface area contributed by atoms with Crippen LogP contribution < -0.4 is 5.73 Å². The zero-order valence-electron chi connectivity index (χ0n) is 12.7. The lowest BCUT2D eigenvalue weighted by Crippen LogP contribution is -2.50. The molecule has 0 aliphatic carbocycles. The van der Waals surface area contributed by atoms with Crippen molar-refractivity contribution in [1.29, 1.82) is 0 Å². The number of hydrogen-bond donors (Lipinski definition) is 1. The van der Waals surface area contributed by atoms with Gasteiger partial charge in [-0.15, -0.1) is 0 Å². The number of nitrogens with zero attached hydrogens (tertiary/aromatic N) is 3. The predicted molar refractivity (Wildman–Crippen MR) is 92.5 cm³/mol. The molecule has 1 aromatic rings. The number of nitrogens with two attached hydrogens (primary N) is 1. The lowest BCUT2D eigenvalue weighted by atomic mass is 10.1. The molecule has 0 spiro atoms. The lowest BCUT2D eigenvalue weighted by molar-refractivity contribution is 0.0853. The quantitative estimate of drug-likeness (QED) is 0.758. The molecule has 21 heavy (non-hydrogen) atoms. The van der Waals surface area contributed by atoms with Crippen LogP contribution in [0.15, 0.2) is 19.6 Å². The Morgan fingerprint density at radius 1 is 1.29 bits per heavy atom. The average molecular weight is 424 g/mol. The molecule has 1 aliphatic heterocycles. The van der Waals surface area contributed by atoms with Gasteiger partial charge in [0.05, 0.1) is 10.5 Å². The minimum absolute atomic E-state index is 0.156. The molecule has 0 bridgehead atoms. The summed E-state index contributed by atoms with van der Waals surface area (Å²) in [5.74, 6) is 0.929. The Balaban J connectivity index is 1.90. The summed E-state index contributed by atoms with van der Waals surface area (Å²) in [5.41, 5.74) is 5.98. The highest BCUT2D eigenvalue weighted by atomic mass is 79.9. The Hall–Kier alpha value is 0.0800. The van der Waals surface area contributed by atoms with Crippen LogP contribution in [0.5, 0.6) is 0 Å². The topological polar surface area (TPSA) is 48.9 Å². The van der Waals surface area contributed by atoms with E-state index >= 15 is 0 Å². The van der Waals surface area contributed by atoms with E-state index < -0.39 is 0 Å². The molecule has 1 saturated heterocycles. The molecule has 1 aliphatic rings. The lowest BCUT2D eigenvalue weighted by Gasteiger charge is -2.38. The molecule has 1 fully saturated rings. The van der Waals surface area contributed by atoms with Crippen molar-refractivity contribution >= 4 is 31.9 Å². The van der Waals surface area contributed by atoms with Crippen molar-refractivity contribution in [3.8, 4) is 0 Å². The summed E-state index contributed by atoms with van der Waals surface area (Å²) in [6.07, 6.45) is 0. The first-order chi connectivity index (χ1) is 10.0. The molecule has 1 atom stereocenters. The van der Waals surface area contributed by atoms with Crippen molar-refractivity contribution in [2.75, 3.05) is 59.9 Å². The van der Waals surface area contributed by atoms with Gasteiger partial charge in [-0.2, -0.15) is 0 Å². The molecule has 2 heterocycles. The normalized spacial score (nSPS) is 19.3. The standard InChI is InChI=1S/C14H24Br2N4O/c1-18(2)3-4-19-5-7-20(8-6-19)12(10-17)13-9-11(15)14(16)21-13/h9,12H,3-8,10,17H2,1-2H3. The van der Waals surface area contributed by atoms with E-state index in [0.717, 1.165) is 54.2 Å².